The van der Waals surface area contributed by atoms with Crippen LogP contribution in [0.1, 0.15) is 64.7 Å². The fourth-order valence-electron chi connectivity index (χ4n) is 3.57. The van der Waals surface area contributed by atoms with Crippen LogP contribution in [0.3, 0.4) is 0 Å². The molecule has 2 aliphatic rings. The van der Waals surface area contributed by atoms with Gasteiger partial charge in [0.2, 0.25) is 5.91 Å². The number of amides is 1. The molecule has 1 amide bonds. The number of rotatable bonds is 3. The first-order valence-corrected chi connectivity index (χ1v) is 7.76. The summed E-state index contributed by atoms with van der Waals surface area (Å²) in [6, 6.07) is 0.763. The number of carbonyl (C=O) groups is 1. The molecule has 0 saturated heterocycles. The topological polar surface area (TPSA) is 55.1 Å². The third-order valence-corrected chi connectivity index (χ3v) is 4.90. The average Bonchev–Trinajstić information content (AvgIpc) is 2.40. The third kappa shape index (κ3) is 3.47. The molecular weight excluding hydrogens is 224 g/mol. The van der Waals surface area contributed by atoms with Crippen LogP contribution in [0.5, 0.6) is 0 Å². The van der Waals surface area contributed by atoms with Gasteiger partial charge in [0.1, 0.15) is 0 Å². The summed E-state index contributed by atoms with van der Waals surface area (Å²) in [7, 11) is 0. The molecule has 18 heavy (non-hydrogen) atoms. The van der Waals surface area contributed by atoms with Gasteiger partial charge in [0.25, 0.3) is 0 Å². The van der Waals surface area contributed by atoms with Crippen molar-refractivity contribution in [3.63, 3.8) is 0 Å². The van der Waals surface area contributed by atoms with E-state index in [0.717, 1.165) is 25.7 Å². The summed E-state index contributed by atoms with van der Waals surface area (Å²) in [6.45, 7) is 2.24. The van der Waals surface area contributed by atoms with Crippen LogP contribution in [-0.2, 0) is 4.79 Å². The molecule has 3 N–H and O–H groups in total. The molecular formula is C15H28N2O. The Balaban J connectivity index is 1.82. The highest BCUT2D eigenvalue weighted by Gasteiger charge is 2.29. The van der Waals surface area contributed by atoms with Gasteiger partial charge in [-0.15, -0.1) is 0 Å². The van der Waals surface area contributed by atoms with E-state index in [1.54, 1.807) is 0 Å². The van der Waals surface area contributed by atoms with Crippen LogP contribution >= 0.6 is 0 Å². The molecule has 0 aromatic rings. The molecule has 0 bridgehead atoms. The van der Waals surface area contributed by atoms with E-state index in [1.165, 1.54) is 32.1 Å². The standard InChI is InChI=1S/C15H28N2O/c1-2-11-5-3-4-6-14(11)17-15(18)12-7-9-13(16)10-8-12/h11-14H,2-10,16H2,1H3,(H,17,18). The molecule has 3 nitrogen and oxygen atoms in total. The highest BCUT2D eigenvalue weighted by molar-refractivity contribution is 5.79. The molecule has 0 aromatic carbocycles. The van der Waals surface area contributed by atoms with Crippen molar-refractivity contribution in [2.45, 2.75) is 76.8 Å². The molecule has 0 heterocycles. The summed E-state index contributed by atoms with van der Waals surface area (Å²) in [5.41, 5.74) is 5.89. The van der Waals surface area contributed by atoms with Gasteiger partial charge in [-0.25, -0.2) is 0 Å². The molecule has 2 fully saturated rings. The van der Waals surface area contributed by atoms with Crippen molar-refractivity contribution in [2.75, 3.05) is 0 Å². The maximum absolute atomic E-state index is 12.3. The van der Waals surface area contributed by atoms with Crippen molar-refractivity contribution >= 4 is 5.91 Å². The first-order valence-electron chi connectivity index (χ1n) is 7.76. The second-order valence-corrected chi connectivity index (χ2v) is 6.18. The molecule has 0 aliphatic heterocycles. The van der Waals surface area contributed by atoms with Crippen molar-refractivity contribution in [3.8, 4) is 0 Å². The maximum atomic E-state index is 12.3. The normalized spacial score (nSPS) is 37.2. The third-order valence-electron chi connectivity index (χ3n) is 4.90. The van der Waals surface area contributed by atoms with Gasteiger partial charge in [-0.3, -0.25) is 4.79 Å². The van der Waals surface area contributed by atoms with Crippen molar-refractivity contribution < 1.29 is 4.79 Å². The summed E-state index contributed by atoms with van der Waals surface area (Å²) < 4.78 is 0. The molecule has 3 heteroatoms. The minimum Gasteiger partial charge on any atom is -0.353 e. The highest BCUT2D eigenvalue weighted by Crippen LogP contribution is 2.28. The SMILES string of the molecule is CCC1CCCCC1NC(=O)C1CCC(N)CC1. The van der Waals surface area contributed by atoms with Gasteiger partial charge in [0.05, 0.1) is 0 Å². The van der Waals surface area contributed by atoms with Gasteiger partial charge in [-0.2, -0.15) is 0 Å². The molecule has 0 radical (unpaired) electrons. The van der Waals surface area contributed by atoms with Gasteiger partial charge in [0, 0.05) is 18.0 Å². The Hall–Kier alpha value is -0.570. The molecule has 0 aromatic heterocycles. The van der Waals surface area contributed by atoms with Gasteiger partial charge in [-0.05, 0) is 44.4 Å². The summed E-state index contributed by atoms with van der Waals surface area (Å²) >= 11 is 0. The van der Waals surface area contributed by atoms with Crippen molar-refractivity contribution in [1.82, 2.24) is 5.32 Å². The minimum absolute atomic E-state index is 0.226. The summed E-state index contributed by atoms with van der Waals surface area (Å²) in [4.78, 5) is 12.3. The van der Waals surface area contributed by atoms with E-state index < -0.39 is 0 Å². The van der Waals surface area contributed by atoms with E-state index in [9.17, 15) is 4.79 Å². The van der Waals surface area contributed by atoms with Crippen LogP contribution in [0.2, 0.25) is 0 Å². The van der Waals surface area contributed by atoms with Gasteiger partial charge in [-0.1, -0.05) is 26.2 Å². The number of hydrogen-bond acceptors (Lipinski definition) is 2. The predicted molar refractivity (Wildman–Crippen MR) is 74.1 cm³/mol. The fourth-order valence-corrected chi connectivity index (χ4v) is 3.57. The first-order chi connectivity index (χ1) is 8.70. The van der Waals surface area contributed by atoms with E-state index in [0.29, 0.717) is 23.9 Å². The van der Waals surface area contributed by atoms with Crippen LogP contribution in [0.25, 0.3) is 0 Å². The number of nitrogens with one attached hydrogen (secondary N) is 1. The number of carbonyl (C=O) groups excluding carboxylic acids is 1. The Morgan fingerprint density at radius 2 is 1.78 bits per heavy atom. The lowest BCUT2D eigenvalue weighted by Gasteiger charge is -2.33. The highest BCUT2D eigenvalue weighted by atomic mass is 16.1. The van der Waals surface area contributed by atoms with Gasteiger partial charge < -0.3 is 11.1 Å². The predicted octanol–water partition coefficient (Wildman–Crippen LogP) is 2.59. The van der Waals surface area contributed by atoms with Crippen LogP contribution in [0.15, 0.2) is 0 Å². The smallest absolute Gasteiger partial charge is 0.223 e. The minimum atomic E-state index is 0.226. The van der Waals surface area contributed by atoms with Crippen LogP contribution in [0.4, 0.5) is 0 Å². The molecule has 2 unspecified atom stereocenters. The van der Waals surface area contributed by atoms with E-state index in [1.807, 2.05) is 0 Å². The first kappa shape index (κ1) is 13.9. The lowest BCUT2D eigenvalue weighted by atomic mass is 9.81. The molecule has 2 saturated carbocycles. The number of nitrogens with two attached hydrogens (primary N) is 1. The Bertz CT molecular complexity index is 272. The average molecular weight is 252 g/mol. The molecule has 104 valence electrons. The fraction of sp³-hybridized carbons (Fsp3) is 0.933. The quantitative estimate of drug-likeness (QED) is 0.811. The van der Waals surface area contributed by atoms with Crippen LogP contribution in [-0.4, -0.2) is 18.0 Å². The van der Waals surface area contributed by atoms with E-state index in [4.69, 9.17) is 5.73 Å². The molecule has 2 aliphatic carbocycles. The van der Waals surface area contributed by atoms with Crippen molar-refractivity contribution in [1.29, 1.82) is 0 Å². The zero-order valence-corrected chi connectivity index (χ0v) is 11.7. The van der Waals surface area contributed by atoms with Crippen molar-refractivity contribution in [3.05, 3.63) is 0 Å². The molecule has 2 rings (SSSR count). The second kappa shape index (κ2) is 6.55. The molecule has 0 spiro atoms. The summed E-state index contributed by atoms with van der Waals surface area (Å²) in [5.74, 6) is 1.23. The zero-order valence-electron chi connectivity index (χ0n) is 11.7. The maximum Gasteiger partial charge on any atom is 0.223 e. The summed E-state index contributed by atoms with van der Waals surface area (Å²) in [5, 5.41) is 3.32. The Morgan fingerprint density at radius 3 is 2.44 bits per heavy atom. The lowest BCUT2D eigenvalue weighted by molar-refractivity contribution is -0.127. The Morgan fingerprint density at radius 1 is 1.11 bits per heavy atom. The van der Waals surface area contributed by atoms with Gasteiger partial charge >= 0.3 is 0 Å². The van der Waals surface area contributed by atoms with Crippen molar-refractivity contribution in [2.24, 2.45) is 17.6 Å². The van der Waals surface area contributed by atoms with Gasteiger partial charge in [0.15, 0.2) is 0 Å². The monoisotopic (exact) mass is 252 g/mol. The molecule has 2 atom stereocenters. The summed E-state index contributed by atoms with van der Waals surface area (Å²) in [6.07, 6.45) is 10.3. The Labute approximate surface area is 111 Å². The zero-order chi connectivity index (χ0) is 13.0. The van der Waals surface area contributed by atoms with E-state index in [2.05, 4.69) is 12.2 Å². The second-order valence-electron chi connectivity index (χ2n) is 6.18. The Kier molecular flexibility index (Phi) is 5.04. The lowest BCUT2D eigenvalue weighted by Crippen LogP contribution is -2.45. The number of hydrogen-bond donors (Lipinski definition) is 2. The van der Waals surface area contributed by atoms with E-state index in [-0.39, 0.29) is 5.92 Å². The van der Waals surface area contributed by atoms with Crippen LogP contribution < -0.4 is 11.1 Å². The largest absolute Gasteiger partial charge is 0.353 e. The van der Waals surface area contributed by atoms with E-state index >= 15 is 0 Å². The van der Waals surface area contributed by atoms with Crippen LogP contribution in [0, 0.1) is 11.8 Å².